The van der Waals surface area contributed by atoms with Crippen molar-refractivity contribution < 1.29 is 4.39 Å². The van der Waals surface area contributed by atoms with E-state index in [9.17, 15) is 9.18 Å². The van der Waals surface area contributed by atoms with Crippen LogP contribution in [-0.2, 0) is 6.54 Å². The highest BCUT2D eigenvalue weighted by Gasteiger charge is 2.05. The standard InChI is InChI=1S/C12H10FN5O/c13-8-3-1-2-4-9(8)15-7-10-16-12-14-6-5-11(19)18(12)17-10/h1-6,15H,7H2,(H,14,16,17). The third kappa shape index (κ3) is 2.17. The topological polar surface area (TPSA) is 75.1 Å². The molecule has 0 aliphatic heterocycles. The Morgan fingerprint density at radius 2 is 2.16 bits per heavy atom. The van der Waals surface area contributed by atoms with Gasteiger partial charge < -0.3 is 5.32 Å². The van der Waals surface area contributed by atoms with Crippen molar-refractivity contribution in [3.63, 3.8) is 0 Å². The van der Waals surface area contributed by atoms with Crippen molar-refractivity contribution in [3.05, 3.63) is 58.5 Å². The predicted molar refractivity (Wildman–Crippen MR) is 67.3 cm³/mol. The van der Waals surface area contributed by atoms with Gasteiger partial charge >= 0.3 is 0 Å². The molecule has 3 aromatic rings. The fraction of sp³-hybridized carbons (Fsp3) is 0.0833. The minimum atomic E-state index is -0.339. The molecule has 0 fully saturated rings. The third-order valence-electron chi connectivity index (χ3n) is 2.62. The number of nitrogens with one attached hydrogen (secondary N) is 2. The summed E-state index contributed by atoms with van der Waals surface area (Å²) in [5.41, 5.74) is 0.137. The van der Waals surface area contributed by atoms with Gasteiger partial charge in [0.2, 0.25) is 0 Å². The number of rotatable bonds is 3. The summed E-state index contributed by atoms with van der Waals surface area (Å²) in [7, 11) is 0. The van der Waals surface area contributed by atoms with E-state index in [2.05, 4.69) is 20.4 Å². The van der Waals surface area contributed by atoms with Gasteiger partial charge in [0.25, 0.3) is 11.3 Å². The second-order valence-corrected chi connectivity index (χ2v) is 3.92. The van der Waals surface area contributed by atoms with Gasteiger partial charge in [-0.2, -0.15) is 9.50 Å². The van der Waals surface area contributed by atoms with Crippen molar-refractivity contribution in [3.8, 4) is 0 Å². The Balaban J connectivity index is 1.85. The van der Waals surface area contributed by atoms with E-state index in [4.69, 9.17) is 0 Å². The lowest BCUT2D eigenvalue weighted by Crippen LogP contribution is -2.13. The average molecular weight is 259 g/mol. The number of anilines is 1. The highest BCUT2D eigenvalue weighted by atomic mass is 19.1. The van der Waals surface area contributed by atoms with Crippen LogP contribution in [0.15, 0.2) is 41.3 Å². The number of halogens is 1. The fourth-order valence-electron chi connectivity index (χ4n) is 1.72. The van der Waals surface area contributed by atoms with E-state index in [1.807, 2.05) is 0 Å². The van der Waals surface area contributed by atoms with Crippen LogP contribution in [-0.4, -0.2) is 19.6 Å². The number of hydrogen-bond acceptors (Lipinski definition) is 4. The van der Waals surface area contributed by atoms with E-state index >= 15 is 0 Å². The summed E-state index contributed by atoms with van der Waals surface area (Å²) < 4.78 is 14.6. The molecule has 0 amide bonds. The maximum absolute atomic E-state index is 13.4. The molecule has 0 radical (unpaired) electrons. The molecule has 2 heterocycles. The molecule has 96 valence electrons. The summed E-state index contributed by atoms with van der Waals surface area (Å²) in [5, 5.41) is 5.70. The van der Waals surface area contributed by atoms with Gasteiger partial charge in [-0.05, 0) is 12.1 Å². The SMILES string of the molecule is O=c1ccnc2nc(CNc3ccccc3F)[nH]n12. The molecule has 3 rings (SSSR count). The largest absolute Gasteiger partial charge is 0.375 e. The summed E-state index contributed by atoms with van der Waals surface area (Å²) in [4.78, 5) is 19.6. The second-order valence-electron chi connectivity index (χ2n) is 3.92. The van der Waals surface area contributed by atoms with Crippen molar-refractivity contribution in [2.24, 2.45) is 0 Å². The molecule has 2 N–H and O–H groups in total. The Bertz CT molecular complexity index is 779. The van der Waals surface area contributed by atoms with Gasteiger partial charge in [0.1, 0.15) is 11.6 Å². The molecule has 0 atom stereocenters. The van der Waals surface area contributed by atoms with Gasteiger partial charge in [-0.25, -0.2) is 9.37 Å². The summed E-state index contributed by atoms with van der Waals surface area (Å²) in [6.45, 7) is 0.268. The predicted octanol–water partition coefficient (Wildman–Crippen LogP) is 1.17. The van der Waals surface area contributed by atoms with Crippen LogP contribution in [0.1, 0.15) is 5.82 Å². The number of fused-ring (bicyclic) bond motifs is 1. The first kappa shape index (κ1) is 11.4. The molecular weight excluding hydrogens is 249 g/mol. The zero-order valence-electron chi connectivity index (χ0n) is 9.80. The van der Waals surface area contributed by atoms with Crippen LogP contribution in [0.4, 0.5) is 10.1 Å². The lowest BCUT2D eigenvalue weighted by molar-refractivity contribution is 0.629. The molecule has 0 saturated carbocycles. The number of H-pyrrole nitrogens is 1. The van der Waals surface area contributed by atoms with Crippen molar-refractivity contribution >= 4 is 11.5 Å². The maximum atomic E-state index is 13.4. The molecule has 0 spiro atoms. The lowest BCUT2D eigenvalue weighted by Gasteiger charge is -2.04. The number of hydrogen-bond donors (Lipinski definition) is 2. The minimum Gasteiger partial charge on any atom is -0.375 e. The molecule has 1 aromatic carbocycles. The monoisotopic (exact) mass is 259 g/mol. The van der Waals surface area contributed by atoms with Crippen LogP contribution in [0.2, 0.25) is 0 Å². The third-order valence-corrected chi connectivity index (χ3v) is 2.62. The second kappa shape index (κ2) is 4.52. The van der Waals surface area contributed by atoms with Crippen molar-refractivity contribution in [1.29, 1.82) is 0 Å². The van der Waals surface area contributed by atoms with E-state index in [1.54, 1.807) is 18.2 Å². The first-order chi connectivity index (χ1) is 9.24. The van der Waals surface area contributed by atoms with Gasteiger partial charge in [-0.15, -0.1) is 0 Å². The Labute approximate surface area is 106 Å². The summed E-state index contributed by atoms with van der Waals surface area (Å²) >= 11 is 0. The van der Waals surface area contributed by atoms with Crippen molar-refractivity contribution in [1.82, 2.24) is 19.6 Å². The van der Waals surface area contributed by atoms with Crippen LogP contribution in [0.3, 0.4) is 0 Å². The van der Waals surface area contributed by atoms with Crippen molar-refractivity contribution in [2.75, 3.05) is 5.32 Å². The molecule has 0 bridgehead atoms. The number of aromatic amines is 1. The highest BCUT2D eigenvalue weighted by molar-refractivity contribution is 5.44. The summed E-state index contributed by atoms with van der Waals surface area (Å²) in [6, 6.07) is 7.68. The molecule has 0 unspecified atom stereocenters. The quantitative estimate of drug-likeness (QED) is 0.740. The average Bonchev–Trinajstić information content (AvgIpc) is 2.82. The van der Waals surface area contributed by atoms with Gasteiger partial charge in [-0.1, -0.05) is 12.1 Å². The van der Waals surface area contributed by atoms with Crippen molar-refractivity contribution in [2.45, 2.75) is 6.54 Å². The molecule has 0 saturated heterocycles. The van der Waals surface area contributed by atoms with Crippen LogP contribution in [0.5, 0.6) is 0 Å². The van der Waals surface area contributed by atoms with E-state index in [-0.39, 0.29) is 23.7 Å². The number of para-hydroxylation sites is 1. The molecule has 7 heteroatoms. The van der Waals surface area contributed by atoms with Gasteiger partial charge in [0.15, 0.2) is 0 Å². The maximum Gasteiger partial charge on any atom is 0.273 e. The summed E-state index contributed by atoms with van der Waals surface area (Å²) in [5.74, 6) is 0.450. The number of aromatic nitrogens is 4. The first-order valence-corrected chi connectivity index (χ1v) is 5.65. The van der Waals surface area contributed by atoms with E-state index in [0.717, 1.165) is 0 Å². The smallest absolute Gasteiger partial charge is 0.273 e. The normalized spacial score (nSPS) is 10.8. The molecule has 2 aromatic heterocycles. The summed E-state index contributed by atoms with van der Waals surface area (Å²) in [6.07, 6.45) is 1.40. The molecule has 6 nitrogen and oxygen atoms in total. The Morgan fingerprint density at radius 3 is 2.95 bits per heavy atom. The Kier molecular flexibility index (Phi) is 2.71. The van der Waals surface area contributed by atoms with Crippen LogP contribution in [0.25, 0.3) is 5.78 Å². The van der Waals surface area contributed by atoms with E-state index < -0.39 is 0 Å². The molecule has 19 heavy (non-hydrogen) atoms. The Morgan fingerprint density at radius 1 is 1.32 bits per heavy atom. The zero-order valence-corrected chi connectivity index (χ0v) is 9.80. The van der Waals surface area contributed by atoms with E-state index in [0.29, 0.717) is 11.5 Å². The number of nitrogens with zero attached hydrogens (tertiary/aromatic N) is 3. The highest BCUT2D eigenvalue weighted by Crippen LogP contribution is 2.12. The van der Waals surface area contributed by atoms with Crippen LogP contribution < -0.4 is 10.9 Å². The minimum absolute atomic E-state index is 0.241. The molecule has 0 aliphatic carbocycles. The first-order valence-electron chi connectivity index (χ1n) is 5.65. The van der Waals surface area contributed by atoms with Gasteiger partial charge in [0, 0.05) is 12.3 Å². The van der Waals surface area contributed by atoms with E-state index in [1.165, 1.54) is 22.8 Å². The number of benzene rings is 1. The molecule has 0 aliphatic rings. The van der Waals surface area contributed by atoms with Crippen LogP contribution in [0, 0.1) is 5.82 Å². The fourth-order valence-corrected chi connectivity index (χ4v) is 1.72. The Hall–Kier alpha value is -2.70. The lowest BCUT2D eigenvalue weighted by atomic mass is 10.3. The van der Waals surface area contributed by atoms with Gasteiger partial charge in [-0.3, -0.25) is 9.89 Å². The molecular formula is C12H10FN5O. The zero-order chi connectivity index (χ0) is 13.2. The van der Waals surface area contributed by atoms with Crippen LogP contribution >= 0.6 is 0 Å². The van der Waals surface area contributed by atoms with Gasteiger partial charge in [0.05, 0.1) is 12.2 Å².